The second-order valence-electron chi connectivity index (χ2n) is 3.43. The molecule has 0 aromatic heterocycles. The number of non-ortho nitro benzene ring substituents is 1. The number of amides is 2. The Labute approximate surface area is 107 Å². The highest BCUT2D eigenvalue weighted by Crippen LogP contribution is 2.39. The van der Waals surface area contributed by atoms with Crippen molar-refractivity contribution in [2.75, 3.05) is 0 Å². The van der Waals surface area contributed by atoms with Crippen LogP contribution in [0.5, 0.6) is 0 Å². The highest BCUT2D eigenvalue weighted by Gasteiger charge is 2.44. The molecular weight excluding hydrogens is 289 g/mol. The number of rotatable bonds is 2. The summed E-state index contributed by atoms with van der Waals surface area (Å²) < 4.78 is 36.5. The van der Waals surface area contributed by atoms with E-state index in [0.717, 1.165) is 18.2 Å². The van der Waals surface area contributed by atoms with E-state index in [1.54, 1.807) is 0 Å². The van der Waals surface area contributed by atoms with E-state index in [-0.39, 0.29) is 9.87 Å². The van der Waals surface area contributed by atoms with Crippen molar-refractivity contribution in [1.29, 1.82) is 0 Å². The van der Waals surface area contributed by atoms with Crippen molar-refractivity contribution >= 4 is 29.4 Å². The number of imide groups is 1. The van der Waals surface area contributed by atoms with Crippen molar-refractivity contribution in [2.24, 2.45) is 0 Å². The molecule has 6 nitrogen and oxygen atoms in total. The number of carbonyl (C=O) groups is 2. The fourth-order valence-electron chi connectivity index (χ4n) is 1.51. The molecule has 19 heavy (non-hydrogen) atoms. The minimum atomic E-state index is -4.81. The van der Waals surface area contributed by atoms with Gasteiger partial charge in [0.25, 0.3) is 17.5 Å². The zero-order valence-corrected chi connectivity index (χ0v) is 9.62. The van der Waals surface area contributed by atoms with Gasteiger partial charge in [0.1, 0.15) is 0 Å². The summed E-state index contributed by atoms with van der Waals surface area (Å²) in [6.07, 6.45) is 0. The Hall–Kier alpha value is -2.10. The molecule has 2 rings (SSSR count). The molecule has 1 aromatic rings. The van der Waals surface area contributed by atoms with Crippen LogP contribution in [0.1, 0.15) is 20.7 Å². The lowest BCUT2D eigenvalue weighted by Crippen LogP contribution is -2.26. The van der Waals surface area contributed by atoms with Crippen LogP contribution in [0.25, 0.3) is 0 Å². The first-order valence-corrected chi connectivity index (χ1v) is 5.41. The molecule has 10 heteroatoms. The zero-order valence-electron chi connectivity index (χ0n) is 8.80. The molecule has 0 unspecified atom stereocenters. The van der Waals surface area contributed by atoms with Crippen LogP contribution >= 0.6 is 11.9 Å². The van der Waals surface area contributed by atoms with Crippen molar-refractivity contribution in [3.63, 3.8) is 0 Å². The number of fused-ring (bicyclic) bond motifs is 1. The first-order valence-electron chi connectivity index (χ1n) is 4.64. The molecule has 100 valence electrons. The number of nitro benzene ring substituents is 1. The number of hydrogen-bond acceptors (Lipinski definition) is 5. The van der Waals surface area contributed by atoms with E-state index in [1.807, 2.05) is 0 Å². The molecule has 0 N–H and O–H groups in total. The summed E-state index contributed by atoms with van der Waals surface area (Å²) in [6, 6.07) is 2.70. The Morgan fingerprint density at radius 3 is 2.26 bits per heavy atom. The molecule has 0 saturated heterocycles. The van der Waals surface area contributed by atoms with Gasteiger partial charge in [0, 0.05) is 12.1 Å². The molecule has 0 saturated carbocycles. The second kappa shape index (κ2) is 4.23. The first-order chi connectivity index (χ1) is 8.70. The Morgan fingerprint density at radius 2 is 1.74 bits per heavy atom. The van der Waals surface area contributed by atoms with Crippen LogP contribution in [0, 0.1) is 10.1 Å². The quantitative estimate of drug-likeness (QED) is 0.362. The standard InChI is InChI=1S/C9H3F3N2O4S/c10-9(11,12)19-13-7(15)5-2-1-4(14(17)18)3-6(5)8(13)16/h1-3H. The monoisotopic (exact) mass is 292 g/mol. The van der Waals surface area contributed by atoms with Crippen LogP contribution in [0.4, 0.5) is 18.9 Å². The smallest absolute Gasteiger partial charge is 0.268 e. The molecule has 1 aliphatic heterocycles. The summed E-state index contributed by atoms with van der Waals surface area (Å²) in [4.78, 5) is 32.9. The highest BCUT2D eigenvalue weighted by molar-refractivity contribution is 7.99. The van der Waals surface area contributed by atoms with Crippen LogP contribution in [-0.4, -0.2) is 26.6 Å². The van der Waals surface area contributed by atoms with E-state index in [1.165, 1.54) is 0 Å². The van der Waals surface area contributed by atoms with Crippen molar-refractivity contribution in [1.82, 2.24) is 4.31 Å². The zero-order chi connectivity index (χ0) is 14.4. The lowest BCUT2D eigenvalue weighted by Gasteiger charge is -2.13. The number of carbonyl (C=O) groups excluding carboxylic acids is 2. The molecular formula is C9H3F3N2O4S. The Bertz CT molecular complexity index is 602. The van der Waals surface area contributed by atoms with E-state index >= 15 is 0 Å². The fraction of sp³-hybridized carbons (Fsp3) is 0.111. The van der Waals surface area contributed by atoms with Gasteiger partial charge in [-0.2, -0.15) is 13.2 Å². The minimum Gasteiger partial charge on any atom is -0.268 e. The maximum atomic E-state index is 12.2. The molecule has 0 radical (unpaired) electrons. The van der Waals surface area contributed by atoms with Gasteiger partial charge in [0.15, 0.2) is 0 Å². The van der Waals surface area contributed by atoms with Crippen molar-refractivity contribution in [3.05, 3.63) is 39.4 Å². The first kappa shape index (κ1) is 13.3. The van der Waals surface area contributed by atoms with E-state index in [2.05, 4.69) is 0 Å². The Balaban J connectivity index is 2.42. The molecule has 1 heterocycles. The maximum Gasteiger partial charge on any atom is 0.462 e. The fourth-order valence-corrected chi connectivity index (χ4v) is 2.08. The summed E-state index contributed by atoms with van der Waals surface area (Å²) in [5, 5.41) is 10.5. The summed E-state index contributed by atoms with van der Waals surface area (Å²) in [5.41, 5.74) is -5.97. The van der Waals surface area contributed by atoms with Gasteiger partial charge in [-0.05, 0) is 6.07 Å². The van der Waals surface area contributed by atoms with E-state index in [4.69, 9.17) is 0 Å². The number of nitrogens with zero attached hydrogens (tertiary/aromatic N) is 2. The molecule has 0 spiro atoms. The predicted octanol–water partition coefficient (Wildman–Crippen LogP) is 2.36. The number of nitro groups is 1. The molecule has 0 aliphatic carbocycles. The van der Waals surface area contributed by atoms with Gasteiger partial charge in [-0.1, -0.05) is 0 Å². The lowest BCUT2D eigenvalue weighted by atomic mass is 10.1. The average molecular weight is 292 g/mol. The number of halogens is 3. The van der Waals surface area contributed by atoms with Gasteiger partial charge in [-0.25, -0.2) is 4.31 Å². The van der Waals surface area contributed by atoms with Crippen LogP contribution in [0.15, 0.2) is 18.2 Å². The third kappa shape index (κ3) is 2.38. The third-order valence-corrected chi connectivity index (χ3v) is 2.96. The molecule has 1 aliphatic rings. The Kier molecular flexibility index (Phi) is 2.97. The van der Waals surface area contributed by atoms with Crippen LogP contribution < -0.4 is 0 Å². The van der Waals surface area contributed by atoms with Gasteiger partial charge >= 0.3 is 5.51 Å². The van der Waals surface area contributed by atoms with Crippen LogP contribution in [0.2, 0.25) is 0 Å². The molecule has 2 amide bonds. The van der Waals surface area contributed by atoms with Crippen LogP contribution in [-0.2, 0) is 0 Å². The van der Waals surface area contributed by atoms with E-state index in [9.17, 15) is 32.9 Å². The van der Waals surface area contributed by atoms with Crippen LogP contribution in [0.3, 0.4) is 0 Å². The molecule has 0 atom stereocenters. The second-order valence-corrected chi connectivity index (χ2v) is 4.44. The van der Waals surface area contributed by atoms with Gasteiger partial charge in [-0.3, -0.25) is 19.7 Å². The minimum absolute atomic E-state index is 0.0611. The number of alkyl halides is 3. The summed E-state index contributed by atoms with van der Waals surface area (Å²) in [5.74, 6) is -2.36. The normalized spacial score (nSPS) is 14.8. The topological polar surface area (TPSA) is 80.5 Å². The summed E-state index contributed by atoms with van der Waals surface area (Å²) in [7, 11) is 0. The number of hydrogen-bond donors (Lipinski definition) is 0. The van der Waals surface area contributed by atoms with Gasteiger partial charge in [0.05, 0.1) is 28.0 Å². The molecule has 1 aromatic carbocycles. The van der Waals surface area contributed by atoms with Crippen molar-refractivity contribution in [3.8, 4) is 0 Å². The van der Waals surface area contributed by atoms with Gasteiger partial charge in [0.2, 0.25) is 0 Å². The average Bonchev–Trinajstić information content (AvgIpc) is 2.52. The highest BCUT2D eigenvalue weighted by atomic mass is 32.2. The molecule has 0 bridgehead atoms. The summed E-state index contributed by atoms with van der Waals surface area (Å²) in [6.45, 7) is 0. The van der Waals surface area contributed by atoms with Crippen molar-refractivity contribution in [2.45, 2.75) is 5.51 Å². The number of benzene rings is 1. The SMILES string of the molecule is O=C1c2ccc([N+](=O)[O-])cc2C(=O)N1SC(F)(F)F. The van der Waals surface area contributed by atoms with Crippen molar-refractivity contribution < 1.29 is 27.7 Å². The third-order valence-electron chi connectivity index (χ3n) is 2.24. The summed E-state index contributed by atoms with van der Waals surface area (Å²) >= 11 is -0.884. The molecule has 0 fully saturated rings. The van der Waals surface area contributed by atoms with Gasteiger partial charge < -0.3 is 0 Å². The lowest BCUT2D eigenvalue weighted by molar-refractivity contribution is -0.384. The maximum absolute atomic E-state index is 12.2. The van der Waals surface area contributed by atoms with Gasteiger partial charge in [-0.15, -0.1) is 0 Å². The van der Waals surface area contributed by atoms with E-state index in [0.29, 0.717) is 0 Å². The largest absolute Gasteiger partial charge is 0.462 e. The van der Waals surface area contributed by atoms with E-state index < -0.39 is 45.4 Å². The predicted molar refractivity (Wildman–Crippen MR) is 57.2 cm³/mol. The Morgan fingerprint density at radius 1 is 1.16 bits per heavy atom.